The summed E-state index contributed by atoms with van der Waals surface area (Å²) in [4.78, 5) is 0. The van der Waals surface area contributed by atoms with E-state index in [1.807, 2.05) is 6.07 Å². The number of benzene rings is 2. The molecule has 2 aromatic carbocycles. The summed E-state index contributed by atoms with van der Waals surface area (Å²) < 4.78 is 5.63. The Hall–Kier alpha value is -1.47. The first-order chi connectivity index (χ1) is 9.33. The van der Waals surface area contributed by atoms with Crippen molar-refractivity contribution in [1.82, 2.24) is 0 Å². The Kier molecular flexibility index (Phi) is 3.74. The quantitative estimate of drug-likeness (QED) is 0.746. The minimum atomic E-state index is 0.0228. The second-order valence-corrected chi connectivity index (χ2v) is 5.50. The largest absolute Gasteiger partial charge is 0.493 e. The van der Waals surface area contributed by atoms with Gasteiger partial charge in [-0.25, -0.2) is 0 Å². The lowest BCUT2D eigenvalue weighted by atomic mass is 9.99. The summed E-state index contributed by atoms with van der Waals surface area (Å²) in [7, 11) is 0. The lowest BCUT2D eigenvalue weighted by Crippen LogP contribution is -2.09. The van der Waals surface area contributed by atoms with Crippen LogP contribution in [0.1, 0.15) is 28.5 Å². The van der Waals surface area contributed by atoms with Crippen LogP contribution >= 0.6 is 11.6 Å². The fourth-order valence-electron chi connectivity index (χ4n) is 2.51. The Bertz CT molecular complexity index is 550. The summed E-state index contributed by atoms with van der Waals surface area (Å²) in [5, 5.41) is 0.0228. The molecular weight excluding hydrogens is 256 g/mol. The van der Waals surface area contributed by atoms with E-state index in [0.29, 0.717) is 0 Å². The number of aryl methyl sites for hydroxylation is 1. The van der Waals surface area contributed by atoms with Crippen molar-refractivity contribution in [2.45, 2.75) is 24.6 Å². The minimum Gasteiger partial charge on any atom is -0.493 e. The molecule has 19 heavy (non-hydrogen) atoms. The number of hydrogen-bond acceptors (Lipinski definition) is 1. The van der Waals surface area contributed by atoms with Crippen LogP contribution in [0.3, 0.4) is 0 Å². The van der Waals surface area contributed by atoms with Crippen LogP contribution in [0.2, 0.25) is 0 Å². The van der Waals surface area contributed by atoms with Crippen molar-refractivity contribution >= 4 is 11.6 Å². The van der Waals surface area contributed by atoms with Gasteiger partial charge in [-0.15, -0.1) is 11.6 Å². The summed E-state index contributed by atoms with van der Waals surface area (Å²) in [6.07, 6.45) is 3.06. The molecule has 0 aromatic heterocycles. The van der Waals surface area contributed by atoms with E-state index in [9.17, 15) is 0 Å². The van der Waals surface area contributed by atoms with Crippen LogP contribution in [-0.2, 0) is 12.8 Å². The standard InChI is InChI=1S/C17H17ClO/c18-16(11-13-5-2-1-3-6-13)14-8-9-17-15(12-14)7-4-10-19-17/h1-3,5-6,8-9,12,16H,4,7,10-11H2. The number of hydrogen-bond donors (Lipinski definition) is 0. The van der Waals surface area contributed by atoms with Crippen molar-refractivity contribution < 1.29 is 4.74 Å². The van der Waals surface area contributed by atoms with Crippen molar-refractivity contribution in [2.24, 2.45) is 0 Å². The molecule has 1 nitrogen and oxygen atoms in total. The maximum absolute atomic E-state index is 6.54. The Morgan fingerprint density at radius 2 is 1.95 bits per heavy atom. The fraction of sp³-hybridized carbons (Fsp3) is 0.294. The van der Waals surface area contributed by atoms with Crippen LogP contribution in [0.5, 0.6) is 5.75 Å². The Morgan fingerprint density at radius 1 is 1.11 bits per heavy atom. The third-order valence-electron chi connectivity index (χ3n) is 3.55. The molecule has 98 valence electrons. The predicted molar refractivity (Wildman–Crippen MR) is 79.0 cm³/mol. The molecule has 1 aliphatic heterocycles. The highest BCUT2D eigenvalue weighted by molar-refractivity contribution is 6.20. The minimum absolute atomic E-state index is 0.0228. The molecule has 0 saturated carbocycles. The number of alkyl halides is 1. The van der Waals surface area contributed by atoms with Crippen molar-refractivity contribution in [3.8, 4) is 5.75 Å². The maximum Gasteiger partial charge on any atom is 0.122 e. The van der Waals surface area contributed by atoms with Crippen molar-refractivity contribution in [3.63, 3.8) is 0 Å². The first kappa shape index (κ1) is 12.6. The molecule has 3 rings (SSSR count). The van der Waals surface area contributed by atoms with Crippen LogP contribution in [0.25, 0.3) is 0 Å². The molecule has 1 heterocycles. The zero-order valence-corrected chi connectivity index (χ0v) is 11.6. The molecule has 0 amide bonds. The summed E-state index contributed by atoms with van der Waals surface area (Å²) in [6.45, 7) is 0.834. The Morgan fingerprint density at radius 3 is 2.79 bits per heavy atom. The van der Waals surface area contributed by atoms with Crippen molar-refractivity contribution in [2.75, 3.05) is 6.61 Å². The van der Waals surface area contributed by atoms with E-state index in [0.717, 1.165) is 31.6 Å². The third kappa shape index (κ3) is 2.93. The third-order valence-corrected chi connectivity index (χ3v) is 3.96. The highest BCUT2D eigenvalue weighted by Crippen LogP contribution is 2.31. The van der Waals surface area contributed by atoms with Gasteiger partial charge < -0.3 is 4.74 Å². The van der Waals surface area contributed by atoms with Gasteiger partial charge in [0.2, 0.25) is 0 Å². The van der Waals surface area contributed by atoms with Gasteiger partial charge in [-0.05, 0) is 42.0 Å². The SMILES string of the molecule is ClC(Cc1ccccc1)c1ccc2c(c1)CCCO2. The second kappa shape index (κ2) is 5.66. The summed E-state index contributed by atoms with van der Waals surface area (Å²) >= 11 is 6.54. The lowest BCUT2D eigenvalue weighted by molar-refractivity contribution is 0.288. The number of halogens is 1. The monoisotopic (exact) mass is 272 g/mol. The smallest absolute Gasteiger partial charge is 0.122 e. The van der Waals surface area contributed by atoms with Gasteiger partial charge >= 0.3 is 0 Å². The van der Waals surface area contributed by atoms with E-state index < -0.39 is 0 Å². The second-order valence-electron chi connectivity index (χ2n) is 4.98. The maximum atomic E-state index is 6.54. The van der Waals surface area contributed by atoms with Gasteiger partial charge in [-0.2, -0.15) is 0 Å². The summed E-state index contributed by atoms with van der Waals surface area (Å²) in [5.41, 5.74) is 3.76. The van der Waals surface area contributed by atoms with Gasteiger partial charge in [0.1, 0.15) is 5.75 Å². The molecule has 1 unspecified atom stereocenters. The topological polar surface area (TPSA) is 9.23 Å². The molecule has 1 aliphatic rings. The van der Waals surface area contributed by atoms with Gasteiger partial charge in [0, 0.05) is 0 Å². The lowest BCUT2D eigenvalue weighted by Gasteiger charge is -2.19. The molecule has 2 heteroatoms. The number of fused-ring (bicyclic) bond motifs is 1. The van der Waals surface area contributed by atoms with Gasteiger partial charge in [0.25, 0.3) is 0 Å². The first-order valence-corrected chi connectivity index (χ1v) is 7.20. The van der Waals surface area contributed by atoms with Crippen LogP contribution < -0.4 is 4.74 Å². The van der Waals surface area contributed by atoms with Gasteiger partial charge in [-0.1, -0.05) is 42.5 Å². The highest BCUT2D eigenvalue weighted by atomic mass is 35.5. The molecule has 0 radical (unpaired) electrons. The molecule has 2 aromatic rings. The molecule has 0 fully saturated rings. The van der Waals surface area contributed by atoms with E-state index in [2.05, 4.69) is 42.5 Å². The molecule has 0 aliphatic carbocycles. The molecule has 0 bridgehead atoms. The Balaban J connectivity index is 1.78. The zero-order chi connectivity index (χ0) is 13.1. The average Bonchev–Trinajstić information content (AvgIpc) is 2.48. The van der Waals surface area contributed by atoms with Crippen LogP contribution in [-0.4, -0.2) is 6.61 Å². The van der Waals surface area contributed by atoms with E-state index in [-0.39, 0.29) is 5.38 Å². The summed E-state index contributed by atoms with van der Waals surface area (Å²) in [6, 6.07) is 16.7. The van der Waals surface area contributed by atoms with E-state index in [4.69, 9.17) is 16.3 Å². The van der Waals surface area contributed by atoms with E-state index in [1.165, 1.54) is 16.7 Å². The van der Waals surface area contributed by atoms with Crippen molar-refractivity contribution in [3.05, 3.63) is 65.2 Å². The van der Waals surface area contributed by atoms with Crippen LogP contribution in [0.15, 0.2) is 48.5 Å². The Labute approximate surface area is 119 Å². The predicted octanol–water partition coefficient (Wildman–Crippen LogP) is 4.53. The van der Waals surface area contributed by atoms with Gasteiger partial charge in [0.15, 0.2) is 0 Å². The number of rotatable bonds is 3. The first-order valence-electron chi connectivity index (χ1n) is 6.76. The molecule has 1 atom stereocenters. The normalized spacial score (nSPS) is 15.4. The van der Waals surface area contributed by atoms with Crippen molar-refractivity contribution in [1.29, 1.82) is 0 Å². The van der Waals surface area contributed by atoms with E-state index >= 15 is 0 Å². The van der Waals surface area contributed by atoms with Gasteiger partial charge in [-0.3, -0.25) is 0 Å². The van der Waals surface area contributed by atoms with Crippen LogP contribution in [0, 0.1) is 0 Å². The highest BCUT2D eigenvalue weighted by Gasteiger charge is 2.14. The zero-order valence-electron chi connectivity index (χ0n) is 10.8. The molecule has 0 spiro atoms. The summed E-state index contributed by atoms with van der Waals surface area (Å²) in [5.74, 6) is 1.03. The van der Waals surface area contributed by atoms with Gasteiger partial charge in [0.05, 0.1) is 12.0 Å². The van der Waals surface area contributed by atoms with Crippen LogP contribution in [0.4, 0.5) is 0 Å². The molecular formula is C17H17ClO. The van der Waals surface area contributed by atoms with E-state index in [1.54, 1.807) is 0 Å². The number of ether oxygens (including phenoxy) is 1. The molecule has 0 N–H and O–H groups in total. The fourth-order valence-corrected chi connectivity index (χ4v) is 2.83. The molecule has 0 saturated heterocycles. The average molecular weight is 273 g/mol.